The highest BCUT2D eigenvalue weighted by Crippen LogP contribution is 2.13. The van der Waals surface area contributed by atoms with E-state index in [4.69, 9.17) is 4.74 Å². The summed E-state index contributed by atoms with van der Waals surface area (Å²) < 4.78 is 5.37. The van der Waals surface area contributed by atoms with E-state index >= 15 is 0 Å². The summed E-state index contributed by atoms with van der Waals surface area (Å²) in [7, 11) is 0. The highest BCUT2D eigenvalue weighted by atomic mass is 16.5. The average Bonchev–Trinajstić information content (AvgIpc) is 2.57. The first-order valence-corrected chi connectivity index (χ1v) is 8.76. The standard InChI is InChI=1S/C19H30N2O3/c1-6-15(7-2)20-19(23)17(13(4)5)21-18(22)14-9-11-16(12-10-14)24-8-3/h9-13,15,17H,6-8H2,1-5H3,(H,20,23)(H,21,22)/t17-/m0/s1. The number of nitrogens with one attached hydrogen (secondary N) is 2. The van der Waals surface area contributed by atoms with Crippen molar-refractivity contribution < 1.29 is 14.3 Å². The van der Waals surface area contributed by atoms with Gasteiger partial charge in [0, 0.05) is 11.6 Å². The van der Waals surface area contributed by atoms with Crippen LogP contribution >= 0.6 is 0 Å². The molecule has 134 valence electrons. The normalized spacial score (nSPS) is 12.1. The van der Waals surface area contributed by atoms with E-state index in [-0.39, 0.29) is 23.8 Å². The van der Waals surface area contributed by atoms with Gasteiger partial charge in [-0.15, -0.1) is 0 Å². The van der Waals surface area contributed by atoms with Crippen LogP contribution in [0.4, 0.5) is 0 Å². The van der Waals surface area contributed by atoms with E-state index in [1.165, 1.54) is 0 Å². The highest BCUT2D eigenvalue weighted by Gasteiger charge is 2.25. The lowest BCUT2D eigenvalue weighted by Gasteiger charge is -2.24. The van der Waals surface area contributed by atoms with Crippen LogP contribution in [-0.4, -0.2) is 30.5 Å². The fourth-order valence-corrected chi connectivity index (χ4v) is 2.41. The molecule has 1 rings (SSSR count). The van der Waals surface area contributed by atoms with Gasteiger partial charge >= 0.3 is 0 Å². The van der Waals surface area contributed by atoms with Crippen LogP contribution in [0.5, 0.6) is 5.75 Å². The minimum absolute atomic E-state index is 0.00556. The number of ether oxygens (including phenoxy) is 1. The number of rotatable bonds is 9. The number of hydrogen-bond acceptors (Lipinski definition) is 3. The van der Waals surface area contributed by atoms with Crippen molar-refractivity contribution in [3.8, 4) is 5.75 Å². The molecule has 1 atom stereocenters. The number of hydrogen-bond donors (Lipinski definition) is 2. The summed E-state index contributed by atoms with van der Waals surface area (Å²) in [5, 5.41) is 5.85. The van der Waals surface area contributed by atoms with Crippen molar-refractivity contribution >= 4 is 11.8 Å². The molecule has 0 saturated carbocycles. The van der Waals surface area contributed by atoms with Crippen molar-refractivity contribution in [3.63, 3.8) is 0 Å². The van der Waals surface area contributed by atoms with Crippen LogP contribution in [0.3, 0.4) is 0 Å². The van der Waals surface area contributed by atoms with E-state index in [9.17, 15) is 9.59 Å². The summed E-state index contributed by atoms with van der Waals surface area (Å²) >= 11 is 0. The SMILES string of the molecule is CCOc1ccc(C(=O)N[C@H](C(=O)NC(CC)CC)C(C)C)cc1. The summed E-state index contributed by atoms with van der Waals surface area (Å²) in [5.41, 5.74) is 0.513. The van der Waals surface area contributed by atoms with E-state index in [1.54, 1.807) is 24.3 Å². The Labute approximate surface area is 145 Å². The van der Waals surface area contributed by atoms with Crippen molar-refractivity contribution in [2.24, 2.45) is 5.92 Å². The third-order valence-corrected chi connectivity index (χ3v) is 4.00. The summed E-state index contributed by atoms with van der Waals surface area (Å²) in [6, 6.07) is 6.51. The maximum absolute atomic E-state index is 12.5. The fraction of sp³-hybridized carbons (Fsp3) is 0.579. The molecule has 2 amide bonds. The van der Waals surface area contributed by atoms with Gasteiger partial charge in [-0.3, -0.25) is 9.59 Å². The van der Waals surface area contributed by atoms with Crippen LogP contribution in [0.1, 0.15) is 57.8 Å². The highest BCUT2D eigenvalue weighted by molar-refractivity contribution is 5.97. The van der Waals surface area contributed by atoms with Crippen LogP contribution in [0.2, 0.25) is 0 Å². The first-order valence-electron chi connectivity index (χ1n) is 8.76. The van der Waals surface area contributed by atoms with Gasteiger partial charge < -0.3 is 15.4 Å². The van der Waals surface area contributed by atoms with Crippen molar-refractivity contribution in [1.29, 1.82) is 0 Å². The molecular weight excluding hydrogens is 304 g/mol. The van der Waals surface area contributed by atoms with Crippen LogP contribution in [0.15, 0.2) is 24.3 Å². The fourth-order valence-electron chi connectivity index (χ4n) is 2.41. The molecular formula is C19H30N2O3. The lowest BCUT2D eigenvalue weighted by Crippen LogP contribution is -2.51. The molecule has 0 spiro atoms. The zero-order chi connectivity index (χ0) is 18.1. The molecule has 0 unspecified atom stereocenters. The van der Waals surface area contributed by atoms with Crippen molar-refractivity contribution in [1.82, 2.24) is 10.6 Å². The maximum Gasteiger partial charge on any atom is 0.251 e. The number of benzene rings is 1. The van der Waals surface area contributed by atoms with Gasteiger partial charge in [0.05, 0.1) is 6.61 Å². The van der Waals surface area contributed by atoms with Gasteiger partial charge in [-0.2, -0.15) is 0 Å². The summed E-state index contributed by atoms with van der Waals surface area (Å²) in [6.45, 7) is 10.4. The molecule has 0 heterocycles. The van der Waals surface area contributed by atoms with Gasteiger partial charge in [0.15, 0.2) is 0 Å². The lowest BCUT2D eigenvalue weighted by atomic mass is 10.0. The van der Waals surface area contributed by atoms with Gasteiger partial charge in [-0.25, -0.2) is 0 Å². The first-order chi connectivity index (χ1) is 11.4. The molecule has 0 aromatic heterocycles. The van der Waals surface area contributed by atoms with Crippen molar-refractivity contribution in [2.75, 3.05) is 6.61 Å². The Balaban J connectivity index is 2.76. The zero-order valence-electron chi connectivity index (χ0n) is 15.4. The van der Waals surface area contributed by atoms with Crippen molar-refractivity contribution in [2.45, 2.75) is 59.5 Å². The number of amides is 2. The quantitative estimate of drug-likeness (QED) is 0.729. The predicted octanol–water partition coefficient (Wildman–Crippen LogP) is 3.14. The molecule has 5 heteroatoms. The molecule has 0 aliphatic rings. The molecule has 1 aromatic carbocycles. The minimum atomic E-state index is -0.551. The van der Waals surface area contributed by atoms with E-state index in [1.807, 2.05) is 34.6 Å². The lowest BCUT2D eigenvalue weighted by molar-refractivity contribution is -0.124. The predicted molar refractivity (Wildman–Crippen MR) is 96.2 cm³/mol. The second-order valence-corrected chi connectivity index (χ2v) is 6.17. The second-order valence-electron chi connectivity index (χ2n) is 6.17. The van der Waals surface area contributed by atoms with E-state index < -0.39 is 6.04 Å². The smallest absolute Gasteiger partial charge is 0.251 e. The second kappa shape index (κ2) is 9.96. The maximum atomic E-state index is 12.5. The van der Waals surface area contributed by atoms with Crippen LogP contribution in [0, 0.1) is 5.92 Å². The molecule has 24 heavy (non-hydrogen) atoms. The third kappa shape index (κ3) is 5.87. The van der Waals surface area contributed by atoms with Gasteiger partial charge in [-0.1, -0.05) is 27.7 Å². The molecule has 0 aliphatic heterocycles. The third-order valence-electron chi connectivity index (χ3n) is 4.00. The Bertz CT molecular complexity index is 522. The molecule has 0 fully saturated rings. The van der Waals surface area contributed by atoms with Crippen molar-refractivity contribution in [3.05, 3.63) is 29.8 Å². The van der Waals surface area contributed by atoms with Gasteiger partial charge in [0.1, 0.15) is 11.8 Å². The zero-order valence-corrected chi connectivity index (χ0v) is 15.4. The van der Waals surface area contributed by atoms with Gasteiger partial charge in [0.25, 0.3) is 5.91 Å². The average molecular weight is 334 g/mol. The van der Waals surface area contributed by atoms with E-state index in [0.717, 1.165) is 18.6 Å². The number of carbonyl (C=O) groups is 2. The Morgan fingerprint density at radius 3 is 2.04 bits per heavy atom. The minimum Gasteiger partial charge on any atom is -0.494 e. The molecule has 0 saturated heterocycles. The molecule has 5 nitrogen and oxygen atoms in total. The molecule has 2 N–H and O–H groups in total. The first kappa shape index (κ1) is 20.0. The Kier molecular flexibility index (Phi) is 8.30. The van der Waals surface area contributed by atoms with Gasteiger partial charge in [-0.05, 0) is 49.9 Å². The monoisotopic (exact) mass is 334 g/mol. The van der Waals surface area contributed by atoms with E-state index in [2.05, 4.69) is 10.6 Å². The Morgan fingerprint density at radius 2 is 1.58 bits per heavy atom. The Morgan fingerprint density at radius 1 is 1.00 bits per heavy atom. The molecule has 0 bridgehead atoms. The van der Waals surface area contributed by atoms with Crippen LogP contribution < -0.4 is 15.4 Å². The van der Waals surface area contributed by atoms with Crippen LogP contribution in [-0.2, 0) is 4.79 Å². The molecule has 1 aromatic rings. The largest absolute Gasteiger partial charge is 0.494 e. The van der Waals surface area contributed by atoms with Gasteiger partial charge in [0.2, 0.25) is 5.91 Å². The van der Waals surface area contributed by atoms with Crippen LogP contribution in [0.25, 0.3) is 0 Å². The molecule has 0 radical (unpaired) electrons. The van der Waals surface area contributed by atoms with E-state index in [0.29, 0.717) is 12.2 Å². The summed E-state index contributed by atoms with van der Waals surface area (Å²) in [6.07, 6.45) is 1.75. The summed E-state index contributed by atoms with van der Waals surface area (Å²) in [5.74, 6) is 0.348. The molecule has 0 aliphatic carbocycles. The topological polar surface area (TPSA) is 67.4 Å². The number of carbonyl (C=O) groups excluding carboxylic acids is 2. The summed E-state index contributed by atoms with van der Waals surface area (Å²) in [4.78, 5) is 24.9. The Hall–Kier alpha value is -2.04.